The molecule has 2 heterocycles. The maximum Gasteiger partial charge on any atom is 0.150 e. The van der Waals surface area contributed by atoms with Crippen LogP contribution in [0.2, 0.25) is 0 Å². The van der Waals surface area contributed by atoms with Crippen LogP contribution in [0.15, 0.2) is 54.6 Å². The van der Waals surface area contributed by atoms with E-state index in [-0.39, 0.29) is 18.1 Å². The number of aldehydes is 1. The minimum atomic E-state index is -0.302. The molecule has 0 bridgehead atoms. The molecule has 2 fully saturated rings. The molecule has 2 aliphatic rings. The summed E-state index contributed by atoms with van der Waals surface area (Å²) in [7, 11) is 0. The van der Waals surface area contributed by atoms with Crippen LogP contribution in [0.5, 0.6) is 0 Å². The number of likely N-dealkylation sites (tertiary alicyclic amines) is 1. The lowest BCUT2D eigenvalue weighted by molar-refractivity contribution is 0.112. The molecule has 27 heavy (non-hydrogen) atoms. The van der Waals surface area contributed by atoms with Gasteiger partial charge in [0.15, 0.2) is 0 Å². The number of β-amino-alcohol motifs (C(OH)–C–C–N with tert-alkyl or cyclic N) is 1. The number of aliphatic hydroxyl groups excluding tert-OH is 1. The molecule has 0 aliphatic carbocycles. The number of carbonyl (C=O) groups excluding carboxylic acids is 1. The molecule has 0 amide bonds. The standard InChI is InChI=1S/C22H27N3O2/c26-16-18-6-8-19(9-7-18)25-11-10-23-21(14-25)20-13-24(15-22(20)27)12-17-4-2-1-3-5-17/h1-9,16,20-23,27H,10-15H2. The highest BCUT2D eigenvalue weighted by Gasteiger charge is 2.38. The van der Waals surface area contributed by atoms with Gasteiger partial charge in [0.05, 0.1) is 6.10 Å². The lowest BCUT2D eigenvalue weighted by atomic mass is 9.94. The van der Waals surface area contributed by atoms with E-state index in [9.17, 15) is 9.90 Å². The Kier molecular flexibility index (Phi) is 5.53. The molecule has 142 valence electrons. The Hall–Kier alpha value is -2.21. The first kappa shape index (κ1) is 18.2. The number of carbonyl (C=O) groups is 1. The summed E-state index contributed by atoms with van der Waals surface area (Å²) in [5.74, 6) is 0.228. The number of aliphatic hydroxyl groups is 1. The molecular weight excluding hydrogens is 338 g/mol. The van der Waals surface area contributed by atoms with Crippen LogP contribution < -0.4 is 10.2 Å². The Balaban J connectivity index is 1.39. The van der Waals surface area contributed by atoms with E-state index in [1.54, 1.807) is 0 Å². The number of hydrogen-bond donors (Lipinski definition) is 2. The van der Waals surface area contributed by atoms with Crippen molar-refractivity contribution in [3.8, 4) is 0 Å². The predicted molar refractivity (Wildman–Crippen MR) is 107 cm³/mol. The van der Waals surface area contributed by atoms with Crippen LogP contribution in [0.4, 0.5) is 5.69 Å². The van der Waals surface area contributed by atoms with Crippen molar-refractivity contribution >= 4 is 12.0 Å². The maximum absolute atomic E-state index is 10.9. The third kappa shape index (κ3) is 4.21. The van der Waals surface area contributed by atoms with Gasteiger partial charge in [0.1, 0.15) is 6.29 Å². The smallest absolute Gasteiger partial charge is 0.150 e. The monoisotopic (exact) mass is 365 g/mol. The zero-order valence-electron chi connectivity index (χ0n) is 15.5. The molecular formula is C22H27N3O2. The van der Waals surface area contributed by atoms with Gasteiger partial charge in [0.25, 0.3) is 0 Å². The second-order valence-corrected chi connectivity index (χ2v) is 7.63. The summed E-state index contributed by atoms with van der Waals surface area (Å²) < 4.78 is 0. The first-order chi connectivity index (χ1) is 13.2. The highest BCUT2D eigenvalue weighted by molar-refractivity contribution is 5.75. The van der Waals surface area contributed by atoms with Gasteiger partial charge in [-0.05, 0) is 29.8 Å². The molecule has 2 aromatic carbocycles. The Morgan fingerprint density at radius 2 is 1.81 bits per heavy atom. The van der Waals surface area contributed by atoms with Crippen molar-refractivity contribution in [1.29, 1.82) is 0 Å². The third-order valence-corrected chi connectivity index (χ3v) is 5.77. The molecule has 2 aliphatic heterocycles. The molecule has 5 heteroatoms. The Bertz CT molecular complexity index is 750. The molecule has 3 atom stereocenters. The summed E-state index contributed by atoms with van der Waals surface area (Å²) >= 11 is 0. The number of piperazine rings is 1. The average Bonchev–Trinajstić information content (AvgIpc) is 3.09. The van der Waals surface area contributed by atoms with Gasteiger partial charge < -0.3 is 15.3 Å². The predicted octanol–water partition coefficient (Wildman–Crippen LogP) is 1.77. The van der Waals surface area contributed by atoms with E-state index in [0.29, 0.717) is 5.56 Å². The number of hydrogen-bond acceptors (Lipinski definition) is 5. The molecule has 5 nitrogen and oxygen atoms in total. The lowest BCUT2D eigenvalue weighted by Gasteiger charge is -2.38. The van der Waals surface area contributed by atoms with E-state index in [4.69, 9.17) is 0 Å². The molecule has 0 spiro atoms. The summed E-state index contributed by atoms with van der Waals surface area (Å²) in [5.41, 5.74) is 3.13. The molecule has 4 rings (SSSR count). The van der Waals surface area contributed by atoms with Gasteiger partial charge in [0.2, 0.25) is 0 Å². The second-order valence-electron chi connectivity index (χ2n) is 7.63. The van der Waals surface area contributed by atoms with Crippen LogP contribution in [0.1, 0.15) is 15.9 Å². The Labute approximate surface area is 160 Å². The van der Waals surface area contributed by atoms with Crippen molar-refractivity contribution < 1.29 is 9.90 Å². The second kappa shape index (κ2) is 8.21. The normalized spacial score (nSPS) is 26.3. The topological polar surface area (TPSA) is 55.8 Å². The zero-order chi connectivity index (χ0) is 18.6. The number of rotatable bonds is 5. The minimum absolute atomic E-state index is 0.228. The van der Waals surface area contributed by atoms with Gasteiger partial charge in [-0.2, -0.15) is 0 Å². The average molecular weight is 365 g/mol. The van der Waals surface area contributed by atoms with Crippen molar-refractivity contribution in [3.05, 3.63) is 65.7 Å². The van der Waals surface area contributed by atoms with Crippen LogP contribution >= 0.6 is 0 Å². The van der Waals surface area contributed by atoms with Gasteiger partial charge in [0, 0.05) is 62.5 Å². The largest absolute Gasteiger partial charge is 0.391 e. The summed E-state index contributed by atoms with van der Waals surface area (Å²) in [4.78, 5) is 15.6. The number of nitrogens with zero attached hydrogens (tertiary/aromatic N) is 2. The van der Waals surface area contributed by atoms with E-state index in [1.807, 2.05) is 30.3 Å². The van der Waals surface area contributed by atoms with E-state index < -0.39 is 0 Å². The summed E-state index contributed by atoms with van der Waals surface area (Å²) in [6.07, 6.45) is 0.573. The number of benzene rings is 2. The van der Waals surface area contributed by atoms with E-state index in [2.05, 4.69) is 39.4 Å². The highest BCUT2D eigenvalue weighted by atomic mass is 16.3. The SMILES string of the molecule is O=Cc1ccc(N2CCNC(C3CN(Cc4ccccc4)CC3O)C2)cc1. The summed E-state index contributed by atoms with van der Waals surface area (Å²) in [5, 5.41) is 14.3. The van der Waals surface area contributed by atoms with Gasteiger partial charge in [-0.1, -0.05) is 30.3 Å². The third-order valence-electron chi connectivity index (χ3n) is 5.77. The number of nitrogens with one attached hydrogen (secondary N) is 1. The maximum atomic E-state index is 10.9. The highest BCUT2D eigenvalue weighted by Crippen LogP contribution is 2.26. The van der Waals surface area contributed by atoms with Crippen LogP contribution in [-0.2, 0) is 6.54 Å². The number of anilines is 1. The zero-order valence-corrected chi connectivity index (χ0v) is 15.5. The van der Waals surface area contributed by atoms with Crippen LogP contribution in [0.3, 0.4) is 0 Å². The van der Waals surface area contributed by atoms with Crippen LogP contribution in [-0.4, -0.2) is 61.2 Å². The van der Waals surface area contributed by atoms with E-state index in [0.717, 1.165) is 51.2 Å². The van der Waals surface area contributed by atoms with Crippen molar-refractivity contribution in [2.45, 2.75) is 18.7 Å². The molecule has 2 aromatic rings. The van der Waals surface area contributed by atoms with Crippen molar-refractivity contribution in [1.82, 2.24) is 10.2 Å². The quantitative estimate of drug-likeness (QED) is 0.791. The molecule has 3 unspecified atom stereocenters. The molecule has 0 saturated carbocycles. The van der Waals surface area contributed by atoms with Gasteiger partial charge >= 0.3 is 0 Å². The van der Waals surface area contributed by atoms with Crippen LogP contribution in [0, 0.1) is 5.92 Å². The first-order valence-corrected chi connectivity index (χ1v) is 9.71. The van der Waals surface area contributed by atoms with Gasteiger partial charge in [-0.3, -0.25) is 9.69 Å². The summed E-state index contributed by atoms with van der Waals surface area (Å²) in [6.45, 7) is 5.24. The van der Waals surface area contributed by atoms with Crippen molar-refractivity contribution in [2.24, 2.45) is 5.92 Å². The molecule has 2 N–H and O–H groups in total. The van der Waals surface area contributed by atoms with Gasteiger partial charge in [-0.25, -0.2) is 0 Å². The van der Waals surface area contributed by atoms with Crippen molar-refractivity contribution in [2.75, 3.05) is 37.6 Å². The minimum Gasteiger partial charge on any atom is -0.391 e. The Morgan fingerprint density at radius 3 is 2.56 bits per heavy atom. The molecule has 0 radical (unpaired) electrons. The van der Waals surface area contributed by atoms with Crippen LogP contribution in [0.25, 0.3) is 0 Å². The van der Waals surface area contributed by atoms with E-state index >= 15 is 0 Å². The molecule has 2 saturated heterocycles. The fourth-order valence-electron chi connectivity index (χ4n) is 4.32. The summed E-state index contributed by atoms with van der Waals surface area (Å²) in [6, 6.07) is 18.5. The van der Waals surface area contributed by atoms with Gasteiger partial charge in [-0.15, -0.1) is 0 Å². The fraction of sp³-hybridized carbons (Fsp3) is 0.409. The molecule has 0 aromatic heterocycles. The fourth-order valence-corrected chi connectivity index (χ4v) is 4.32. The Morgan fingerprint density at radius 1 is 1.04 bits per heavy atom. The van der Waals surface area contributed by atoms with Crippen molar-refractivity contribution in [3.63, 3.8) is 0 Å². The first-order valence-electron chi connectivity index (χ1n) is 9.71. The van der Waals surface area contributed by atoms with E-state index in [1.165, 1.54) is 5.56 Å². The lowest BCUT2D eigenvalue weighted by Crippen LogP contribution is -2.56.